The van der Waals surface area contributed by atoms with Crippen LogP contribution in [0.4, 0.5) is 4.79 Å². The van der Waals surface area contributed by atoms with Crippen LogP contribution >= 0.6 is 0 Å². The lowest BCUT2D eigenvalue weighted by atomic mass is 10.2. The molecule has 24 heavy (non-hydrogen) atoms. The SMILES string of the molecule is C=C(O)CC.O.O=C(C[C@H]1NC(=O)OC1=O)OCc1ccccc1.[HH]. The van der Waals surface area contributed by atoms with Crippen LogP contribution in [0.3, 0.4) is 0 Å². The highest BCUT2D eigenvalue weighted by atomic mass is 16.6. The summed E-state index contributed by atoms with van der Waals surface area (Å²) in [5, 5.41) is 10.4. The maximum atomic E-state index is 11.4. The Morgan fingerprint density at radius 2 is 1.96 bits per heavy atom. The van der Waals surface area contributed by atoms with Gasteiger partial charge in [-0.05, 0) is 5.56 Å². The van der Waals surface area contributed by atoms with Crippen molar-refractivity contribution in [1.82, 2.24) is 5.32 Å². The van der Waals surface area contributed by atoms with Gasteiger partial charge in [-0.2, -0.15) is 0 Å². The van der Waals surface area contributed by atoms with E-state index >= 15 is 0 Å². The summed E-state index contributed by atoms with van der Waals surface area (Å²) < 4.78 is 9.22. The Morgan fingerprint density at radius 1 is 1.38 bits per heavy atom. The number of esters is 2. The maximum Gasteiger partial charge on any atom is 0.415 e. The van der Waals surface area contributed by atoms with Crippen LogP contribution in [0.5, 0.6) is 0 Å². The van der Waals surface area contributed by atoms with Gasteiger partial charge in [-0.25, -0.2) is 9.59 Å². The first-order valence-electron chi connectivity index (χ1n) is 7.00. The number of carbonyl (C=O) groups excluding carboxylic acids is 3. The molecule has 1 aliphatic heterocycles. The number of amides is 1. The van der Waals surface area contributed by atoms with Crippen molar-refractivity contribution in [2.45, 2.75) is 32.4 Å². The van der Waals surface area contributed by atoms with Crippen molar-refractivity contribution in [2.24, 2.45) is 0 Å². The second-order valence-corrected chi connectivity index (χ2v) is 4.68. The number of carbonyl (C=O) groups is 3. The van der Waals surface area contributed by atoms with Gasteiger partial charge in [-0.1, -0.05) is 43.8 Å². The van der Waals surface area contributed by atoms with Crippen LogP contribution in [-0.2, 0) is 25.7 Å². The fourth-order valence-corrected chi connectivity index (χ4v) is 1.49. The van der Waals surface area contributed by atoms with E-state index in [0.29, 0.717) is 6.42 Å². The van der Waals surface area contributed by atoms with Crippen LogP contribution in [0.25, 0.3) is 0 Å². The van der Waals surface area contributed by atoms with E-state index in [4.69, 9.17) is 9.84 Å². The molecule has 1 saturated heterocycles. The van der Waals surface area contributed by atoms with Crippen LogP contribution in [0.1, 0.15) is 26.8 Å². The van der Waals surface area contributed by atoms with Crippen molar-refractivity contribution in [3.63, 3.8) is 0 Å². The normalized spacial score (nSPS) is 15.1. The van der Waals surface area contributed by atoms with Crippen molar-refractivity contribution < 1.29 is 35.9 Å². The van der Waals surface area contributed by atoms with E-state index in [2.05, 4.69) is 16.6 Å². The fraction of sp³-hybridized carbons (Fsp3) is 0.312. The minimum Gasteiger partial charge on any atom is -0.513 e. The highest BCUT2D eigenvalue weighted by molar-refractivity contribution is 5.97. The van der Waals surface area contributed by atoms with Crippen molar-refractivity contribution in [2.75, 3.05) is 0 Å². The zero-order valence-electron chi connectivity index (χ0n) is 13.3. The molecule has 1 aliphatic rings. The lowest BCUT2D eigenvalue weighted by Gasteiger charge is -2.06. The van der Waals surface area contributed by atoms with E-state index in [0.717, 1.165) is 5.56 Å². The monoisotopic (exact) mass is 341 g/mol. The van der Waals surface area contributed by atoms with E-state index in [-0.39, 0.29) is 25.7 Å². The molecule has 0 spiro atoms. The molecule has 1 atom stereocenters. The zero-order chi connectivity index (χ0) is 17.2. The van der Waals surface area contributed by atoms with Crippen molar-refractivity contribution in [3.8, 4) is 0 Å². The number of hydrogen-bond acceptors (Lipinski definition) is 6. The largest absolute Gasteiger partial charge is 0.513 e. The Hall–Kier alpha value is -2.87. The molecule has 0 unspecified atom stereocenters. The van der Waals surface area contributed by atoms with Gasteiger partial charge in [-0.15, -0.1) is 0 Å². The smallest absolute Gasteiger partial charge is 0.415 e. The van der Waals surface area contributed by atoms with E-state index in [1.54, 1.807) is 0 Å². The average Bonchev–Trinajstić information content (AvgIpc) is 2.84. The Kier molecular flexibility index (Phi) is 9.50. The molecule has 0 aliphatic carbocycles. The maximum absolute atomic E-state index is 11.4. The topological polar surface area (TPSA) is 133 Å². The molecule has 0 bridgehead atoms. The lowest BCUT2D eigenvalue weighted by molar-refractivity contribution is -0.148. The van der Waals surface area contributed by atoms with Crippen LogP contribution in [0.2, 0.25) is 0 Å². The summed E-state index contributed by atoms with van der Waals surface area (Å²) in [6.45, 7) is 5.21. The number of aliphatic hydroxyl groups excluding tert-OH is 1. The van der Waals surface area contributed by atoms with Crippen LogP contribution in [-0.4, -0.2) is 34.7 Å². The molecular formula is C16H23NO7. The molecule has 2 rings (SSSR count). The number of alkyl carbamates (subject to hydrolysis) is 1. The average molecular weight is 341 g/mol. The molecule has 134 valence electrons. The van der Waals surface area contributed by atoms with Crippen molar-refractivity contribution in [3.05, 3.63) is 48.2 Å². The second kappa shape index (κ2) is 10.8. The third-order valence-corrected chi connectivity index (χ3v) is 2.79. The van der Waals surface area contributed by atoms with E-state index < -0.39 is 24.1 Å². The van der Waals surface area contributed by atoms with Gasteiger partial charge in [0, 0.05) is 7.85 Å². The third kappa shape index (κ3) is 7.95. The van der Waals surface area contributed by atoms with Gasteiger partial charge in [0.25, 0.3) is 0 Å². The fourth-order valence-electron chi connectivity index (χ4n) is 1.49. The first kappa shape index (κ1) is 21.1. The van der Waals surface area contributed by atoms with E-state index in [1.807, 2.05) is 37.3 Å². The Balaban J connectivity index is 0. The molecule has 1 aromatic carbocycles. The number of hydrogen-bond donors (Lipinski definition) is 2. The van der Waals surface area contributed by atoms with Crippen molar-refractivity contribution >= 4 is 18.0 Å². The molecule has 1 heterocycles. The van der Waals surface area contributed by atoms with Gasteiger partial charge >= 0.3 is 18.0 Å². The molecule has 1 aromatic rings. The molecule has 8 heteroatoms. The number of rotatable bonds is 5. The highest BCUT2D eigenvalue weighted by Crippen LogP contribution is 2.07. The third-order valence-electron chi connectivity index (χ3n) is 2.79. The molecule has 1 fully saturated rings. The summed E-state index contributed by atoms with van der Waals surface area (Å²) in [6.07, 6.45) is -0.391. The van der Waals surface area contributed by atoms with Crippen LogP contribution in [0, 0.1) is 0 Å². The standard InChI is InChI=1S/C12H11NO5.C4H8O.H2O.H2/c14-10(6-9-11(15)18-12(16)13-9)17-7-8-4-2-1-3-5-8;1-3-4(2)5;;/h1-5,9H,6-7H2,(H,13,16);5H,2-3H2,1H3;1H2;1H/t9-;;;/m1.../s1. The molecule has 1 amide bonds. The number of aliphatic hydroxyl groups is 1. The van der Waals surface area contributed by atoms with Gasteiger partial charge in [0.1, 0.15) is 12.6 Å². The summed E-state index contributed by atoms with van der Waals surface area (Å²) in [5.74, 6) is -1.07. The number of ether oxygens (including phenoxy) is 2. The molecule has 4 N–H and O–H groups in total. The summed E-state index contributed by atoms with van der Waals surface area (Å²) in [7, 11) is 0. The van der Waals surface area contributed by atoms with E-state index in [1.165, 1.54) is 0 Å². The Morgan fingerprint density at radius 3 is 2.42 bits per heavy atom. The van der Waals surface area contributed by atoms with Gasteiger partial charge in [-0.3, -0.25) is 4.79 Å². The summed E-state index contributed by atoms with van der Waals surface area (Å²) >= 11 is 0. The van der Waals surface area contributed by atoms with E-state index in [9.17, 15) is 14.4 Å². The minimum atomic E-state index is -0.944. The summed E-state index contributed by atoms with van der Waals surface area (Å²) in [4.78, 5) is 33.2. The predicted molar refractivity (Wildman–Crippen MR) is 87.1 cm³/mol. The van der Waals surface area contributed by atoms with Gasteiger partial charge < -0.3 is 25.4 Å². The lowest BCUT2D eigenvalue weighted by Crippen LogP contribution is -2.31. The molecule has 0 radical (unpaired) electrons. The summed E-state index contributed by atoms with van der Waals surface area (Å²) in [6, 6.07) is 8.21. The highest BCUT2D eigenvalue weighted by Gasteiger charge is 2.34. The minimum absolute atomic E-state index is 0. The number of allylic oxidation sites excluding steroid dienone is 1. The second-order valence-electron chi connectivity index (χ2n) is 4.68. The first-order valence-corrected chi connectivity index (χ1v) is 7.00. The van der Waals surface area contributed by atoms with Gasteiger partial charge in [0.2, 0.25) is 0 Å². The quantitative estimate of drug-likeness (QED) is 0.475. The molecule has 0 saturated carbocycles. The molecule has 0 aromatic heterocycles. The number of nitrogens with one attached hydrogen (secondary N) is 1. The summed E-state index contributed by atoms with van der Waals surface area (Å²) in [5.41, 5.74) is 0.851. The van der Waals surface area contributed by atoms with Crippen molar-refractivity contribution in [1.29, 1.82) is 0 Å². The molecular weight excluding hydrogens is 318 g/mol. The predicted octanol–water partition coefficient (Wildman–Crippen LogP) is 1.64. The first-order chi connectivity index (χ1) is 10.9. The Labute approximate surface area is 140 Å². The number of benzene rings is 1. The molecule has 8 nitrogen and oxygen atoms in total. The Bertz CT molecular complexity index is 577. The van der Waals surface area contributed by atoms with Crippen LogP contribution < -0.4 is 5.32 Å². The van der Waals surface area contributed by atoms with Gasteiger partial charge in [0.15, 0.2) is 0 Å². The van der Waals surface area contributed by atoms with Crippen LogP contribution in [0.15, 0.2) is 42.7 Å². The number of cyclic esters (lactones) is 2. The zero-order valence-corrected chi connectivity index (χ0v) is 13.3. The van der Waals surface area contributed by atoms with Gasteiger partial charge in [0.05, 0.1) is 12.2 Å².